The van der Waals surface area contributed by atoms with E-state index in [9.17, 15) is 4.79 Å². The molecule has 0 unspecified atom stereocenters. The Morgan fingerprint density at radius 3 is 2.39 bits per heavy atom. The molecule has 0 amide bonds. The van der Waals surface area contributed by atoms with Crippen molar-refractivity contribution in [3.8, 4) is 0 Å². The first-order chi connectivity index (χ1) is 8.40. The summed E-state index contributed by atoms with van der Waals surface area (Å²) in [4.78, 5) is 11.7. The SMILES string of the molecule is CC(C)(C)OCCOC(=O)[C@@H](N)c1ccccc1. The van der Waals surface area contributed by atoms with E-state index in [1.54, 1.807) is 12.1 Å². The second kappa shape index (κ2) is 6.52. The summed E-state index contributed by atoms with van der Waals surface area (Å²) in [6.45, 7) is 6.44. The monoisotopic (exact) mass is 251 g/mol. The minimum Gasteiger partial charge on any atom is -0.462 e. The molecule has 0 heterocycles. The van der Waals surface area contributed by atoms with Crippen LogP contribution in [0.4, 0.5) is 0 Å². The Morgan fingerprint density at radius 2 is 1.83 bits per heavy atom. The summed E-state index contributed by atoms with van der Waals surface area (Å²) in [6.07, 6.45) is 0. The molecular formula is C14H21NO3. The molecule has 1 atom stereocenters. The average molecular weight is 251 g/mol. The Bertz CT molecular complexity index is 370. The number of ether oxygens (including phenoxy) is 2. The molecule has 0 aliphatic rings. The fraction of sp³-hybridized carbons (Fsp3) is 0.500. The van der Waals surface area contributed by atoms with E-state index in [1.807, 2.05) is 39.0 Å². The van der Waals surface area contributed by atoms with Gasteiger partial charge in [-0.25, -0.2) is 4.79 Å². The van der Waals surface area contributed by atoms with Gasteiger partial charge in [-0.2, -0.15) is 0 Å². The average Bonchev–Trinajstić information content (AvgIpc) is 2.33. The minimum absolute atomic E-state index is 0.219. The fourth-order valence-corrected chi connectivity index (χ4v) is 1.38. The van der Waals surface area contributed by atoms with Crippen molar-refractivity contribution in [3.63, 3.8) is 0 Å². The van der Waals surface area contributed by atoms with Gasteiger partial charge < -0.3 is 15.2 Å². The van der Waals surface area contributed by atoms with Crippen molar-refractivity contribution in [2.24, 2.45) is 5.73 Å². The molecule has 0 radical (unpaired) electrons. The Kier molecular flexibility index (Phi) is 5.31. The van der Waals surface area contributed by atoms with Gasteiger partial charge in [-0.1, -0.05) is 30.3 Å². The topological polar surface area (TPSA) is 61.5 Å². The fourth-order valence-electron chi connectivity index (χ4n) is 1.38. The standard InChI is InChI=1S/C14H21NO3/c1-14(2,3)18-10-9-17-13(16)12(15)11-7-5-4-6-8-11/h4-8,12H,9-10,15H2,1-3H3/t12-/m0/s1. The van der Waals surface area contributed by atoms with Crippen molar-refractivity contribution in [1.29, 1.82) is 0 Å². The lowest BCUT2D eigenvalue weighted by Gasteiger charge is -2.19. The number of nitrogens with two attached hydrogens (primary N) is 1. The molecule has 0 fully saturated rings. The largest absolute Gasteiger partial charge is 0.462 e. The van der Waals surface area contributed by atoms with Crippen LogP contribution in [0.1, 0.15) is 32.4 Å². The third-order valence-corrected chi connectivity index (χ3v) is 2.28. The number of esters is 1. The Hall–Kier alpha value is -1.39. The predicted molar refractivity (Wildman–Crippen MR) is 70.0 cm³/mol. The summed E-state index contributed by atoms with van der Waals surface area (Å²) in [6, 6.07) is 8.42. The molecular weight excluding hydrogens is 230 g/mol. The van der Waals surface area contributed by atoms with Crippen molar-refractivity contribution in [3.05, 3.63) is 35.9 Å². The smallest absolute Gasteiger partial charge is 0.327 e. The second-order valence-corrected chi connectivity index (χ2v) is 5.02. The van der Waals surface area contributed by atoms with Crippen LogP contribution in [0.15, 0.2) is 30.3 Å². The first kappa shape index (κ1) is 14.7. The molecule has 0 saturated carbocycles. The lowest BCUT2D eigenvalue weighted by molar-refractivity contribution is -0.148. The molecule has 0 spiro atoms. The third kappa shape index (κ3) is 5.29. The van der Waals surface area contributed by atoms with Crippen LogP contribution < -0.4 is 5.73 Å². The highest BCUT2D eigenvalue weighted by molar-refractivity contribution is 5.77. The normalized spacial score (nSPS) is 13.1. The number of rotatable bonds is 5. The number of hydrogen-bond acceptors (Lipinski definition) is 4. The Labute approximate surface area is 108 Å². The zero-order chi connectivity index (χ0) is 13.6. The highest BCUT2D eigenvalue weighted by Crippen LogP contribution is 2.11. The molecule has 1 aromatic carbocycles. The number of benzene rings is 1. The van der Waals surface area contributed by atoms with Gasteiger partial charge in [-0.3, -0.25) is 0 Å². The summed E-state index contributed by atoms with van der Waals surface area (Å²) in [7, 11) is 0. The van der Waals surface area contributed by atoms with E-state index < -0.39 is 12.0 Å². The van der Waals surface area contributed by atoms with Crippen LogP contribution in [0.2, 0.25) is 0 Å². The summed E-state index contributed by atoms with van der Waals surface area (Å²) in [5.41, 5.74) is 6.31. The molecule has 0 aliphatic carbocycles. The highest BCUT2D eigenvalue weighted by Gasteiger charge is 2.17. The van der Waals surface area contributed by atoms with E-state index in [4.69, 9.17) is 15.2 Å². The maximum atomic E-state index is 11.7. The molecule has 2 N–H and O–H groups in total. The van der Waals surface area contributed by atoms with Crippen LogP contribution >= 0.6 is 0 Å². The van der Waals surface area contributed by atoms with Crippen LogP contribution in [0.3, 0.4) is 0 Å². The quantitative estimate of drug-likeness (QED) is 0.642. The molecule has 1 rings (SSSR count). The van der Waals surface area contributed by atoms with Crippen molar-refractivity contribution in [2.75, 3.05) is 13.2 Å². The predicted octanol–water partition coefficient (Wildman–Crippen LogP) is 2.04. The van der Waals surface area contributed by atoms with E-state index in [2.05, 4.69) is 0 Å². The van der Waals surface area contributed by atoms with Gasteiger partial charge in [-0.15, -0.1) is 0 Å². The molecule has 0 saturated heterocycles. The zero-order valence-electron chi connectivity index (χ0n) is 11.2. The van der Waals surface area contributed by atoms with Gasteiger partial charge in [0, 0.05) is 0 Å². The van der Waals surface area contributed by atoms with Gasteiger partial charge in [0.25, 0.3) is 0 Å². The minimum atomic E-state index is -0.735. The van der Waals surface area contributed by atoms with E-state index in [0.29, 0.717) is 6.61 Å². The van der Waals surface area contributed by atoms with E-state index in [1.165, 1.54) is 0 Å². The van der Waals surface area contributed by atoms with Gasteiger partial charge >= 0.3 is 5.97 Å². The van der Waals surface area contributed by atoms with Crippen LogP contribution in [-0.2, 0) is 14.3 Å². The number of carbonyl (C=O) groups is 1. The Balaban J connectivity index is 2.33. The van der Waals surface area contributed by atoms with Gasteiger partial charge in [0.1, 0.15) is 12.6 Å². The van der Waals surface area contributed by atoms with Crippen molar-refractivity contribution < 1.29 is 14.3 Å². The van der Waals surface area contributed by atoms with Gasteiger partial charge in [0.05, 0.1) is 12.2 Å². The second-order valence-electron chi connectivity index (χ2n) is 5.02. The maximum absolute atomic E-state index is 11.7. The van der Waals surface area contributed by atoms with Gasteiger partial charge in [0.15, 0.2) is 0 Å². The third-order valence-electron chi connectivity index (χ3n) is 2.28. The van der Waals surface area contributed by atoms with E-state index >= 15 is 0 Å². The van der Waals surface area contributed by atoms with Crippen molar-refractivity contribution >= 4 is 5.97 Å². The molecule has 18 heavy (non-hydrogen) atoms. The molecule has 0 bridgehead atoms. The van der Waals surface area contributed by atoms with Crippen molar-refractivity contribution in [2.45, 2.75) is 32.4 Å². The zero-order valence-corrected chi connectivity index (χ0v) is 11.2. The first-order valence-corrected chi connectivity index (χ1v) is 6.01. The molecule has 1 aromatic rings. The number of carbonyl (C=O) groups excluding carboxylic acids is 1. The molecule has 4 nitrogen and oxygen atoms in total. The summed E-state index contributed by atoms with van der Waals surface area (Å²) < 4.78 is 10.5. The van der Waals surface area contributed by atoms with Crippen LogP contribution in [0, 0.1) is 0 Å². The molecule has 4 heteroatoms. The van der Waals surface area contributed by atoms with Crippen molar-refractivity contribution in [1.82, 2.24) is 0 Å². The maximum Gasteiger partial charge on any atom is 0.327 e. The van der Waals surface area contributed by atoms with Crippen LogP contribution in [0.25, 0.3) is 0 Å². The number of hydrogen-bond donors (Lipinski definition) is 1. The summed E-state index contributed by atoms with van der Waals surface area (Å²) in [5, 5.41) is 0. The summed E-state index contributed by atoms with van der Waals surface area (Å²) in [5.74, 6) is -0.432. The van der Waals surface area contributed by atoms with E-state index in [0.717, 1.165) is 5.56 Å². The first-order valence-electron chi connectivity index (χ1n) is 6.01. The van der Waals surface area contributed by atoms with Gasteiger partial charge in [-0.05, 0) is 26.3 Å². The van der Waals surface area contributed by atoms with Gasteiger partial charge in [0.2, 0.25) is 0 Å². The lowest BCUT2D eigenvalue weighted by Crippen LogP contribution is -2.27. The van der Waals surface area contributed by atoms with Crippen LogP contribution in [0.5, 0.6) is 0 Å². The lowest BCUT2D eigenvalue weighted by atomic mass is 10.1. The Morgan fingerprint density at radius 1 is 1.22 bits per heavy atom. The van der Waals surface area contributed by atoms with Crippen LogP contribution in [-0.4, -0.2) is 24.8 Å². The summed E-state index contributed by atoms with van der Waals surface area (Å²) >= 11 is 0. The molecule has 100 valence electrons. The highest BCUT2D eigenvalue weighted by atomic mass is 16.6. The molecule has 0 aromatic heterocycles. The van der Waals surface area contributed by atoms with E-state index in [-0.39, 0.29) is 12.2 Å². The molecule has 0 aliphatic heterocycles.